The molecule has 48 heavy (non-hydrogen) atoms. The van der Waals surface area contributed by atoms with E-state index in [0.717, 1.165) is 88.0 Å². The van der Waals surface area contributed by atoms with E-state index in [4.69, 9.17) is 15.0 Å². The average molecular weight is 668 g/mol. The number of nitrogens with two attached hydrogens (primary N) is 1. The standard InChI is InChI=1S/C23H32N4.C17H21NO2S/c1-7-11-12-19(13-14-21-16-25-15-20(9-3)27-21)22(18(6)26-10-4)23(24)17(5)8-2;1-12-8-9-15(19-12)10-21-11-16-13(2)18-20-17(16)14-6-4-3-5-7-14/h10,12,15-16H,7-9,11,24H2,1-6H3;3-7,12,15H,8-11H2,1-2H3/b19-12-,22-18-,23-17-,26-10?;. The van der Waals surface area contributed by atoms with Gasteiger partial charge >= 0.3 is 0 Å². The van der Waals surface area contributed by atoms with Crippen LogP contribution in [0.25, 0.3) is 11.3 Å². The van der Waals surface area contributed by atoms with Gasteiger partial charge in [-0.2, -0.15) is 11.8 Å². The maximum atomic E-state index is 6.50. The van der Waals surface area contributed by atoms with Crippen LogP contribution in [0.15, 0.2) is 86.4 Å². The van der Waals surface area contributed by atoms with Gasteiger partial charge < -0.3 is 15.0 Å². The number of aromatic nitrogens is 3. The largest absolute Gasteiger partial charge is 0.398 e. The number of ether oxygens (including phenoxy) is 1. The molecule has 2 aromatic heterocycles. The fourth-order valence-corrected chi connectivity index (χ4v) is 6.31. The van der Waals surface area contributed by atoms with E-state index in [-0.39, 0.29) is 0 Å². The number of rotatable bonds is 12. The van der Waals surface area contributed by atoms with Crippen molar-refractivity contribution in [1.82, 2.24) is 15.1 Å². The van der Waals surface area contributed by atoms with E-state index < -0.39 is 0 Å². The summed E-state index contributed by atoms with van der Waals surface area (Å²) in [6.07, 6.45) is 14.3. The Balaban J connectivity index is 0.000000267. The van der Waals surface area contributed by atoms with E-state index in [9.17, 15) is 0 Å². The van der Waals surface area contributed by atoms with Gasteiger partial charge in [-0.05, 0) is 78.2 Å². The molecule has 0 amide bonds. The summed E-state index contributed by atoms with van der Waals surface area (Å²) in [6, 6.07) is 10.2. The summed E-state index contributed by atoms with van der Waals surface area (Å²) in [7, 11) is 0. The van der Waals surface area contributed by atoms with Crippen LogP contribution in [0.1, 0.15) is 103 Å². The number of nitrogens with zero attached hydrogens (tertiary/aromatic N) is 4. The van der Waals surface area contributed by atoms with E-state index in [1.165, 1.54) is 18.4 Å². The molecule has 2 N–H and O–H groups in total. The lowest BCUT2D eigenvalue weighted by atomic mass is 9.96. The van der Waals surface area contributed by atoms with Crippen molar-refractivity contribution in [2.75, 3.05) is 5.75 Å². The van der Waals surface area contributed by atoms with Crippen LogP contribution >= 0.6 is 11.8 Å². The fourth-order valence-electron chi connectivity index (χ4n) is 5.14. The van der Waals surface area contributed by atoms with E-state index in [0.29, 0.717) is 17.9 Å². The van der Waals surface area contributed by atoms with Gasteiger partial charge in [0.2, 0.25) is 0 Å². The number of allylic oxidation sites excluding steroid dienone is 4. The highest BCUT2D eigenvalue weighted by atomic mass is 32.2. The topological polar surface area (TPSA) is 99.4 Å². The van der Waals surface area contributed by atoms with Gasteiger partial charge in [-0.3, -0.25) is 9.98 Å². The molecule has 1 aliphatic heterocycles. The zero-order chi connectivity index (χ0) is 34.9. The lowest BCUT2D eigenvalue weighted by molar-refractivity contribution is 0.0700. The third-order valence-corrected chi connectivity index (χ3v) is 9.21. The molecule has 8 heteroatoms. The van der Waals surface area contributed by atoms with Gasteiger partial charge in [-0.15, -0.1) is 0 Å². The first-order valence-electron chi connectivity index (χ1n) is 17.1. The summed E-state index contributed by atoms with van der Waals surface area (Å²) in [5.41, 5.74) is 16.0. The molecule has 3 aromatic rings. The Labute approximate surface area is 292 Å². The first-order chi connectivity index (χ1) is 23.2. The van der Waals surface area contributed by atoms with E-state index >= 15 is 0 Å². The smallest absolute Gasteiger partial charge is 0.171 e. The SMILES string of the molecule is CC=N/C(C)=C(C(/C#Cc1cncc(CC)n1)=C\CCC)\C(N)=C(/C)CC.Cc1noc(-c2ccccc2)c1CSCC1CCC(C)O1. The molecular formula is C40H53N5O2S. The molecule has 1 fully saturated rings. The Hall–Kier alpha value is -3.93. The molecule has 3 heterocycles. The van der Waals surface area contributed by atoms with E-state index in [1.807, 2.05) is 50.7 Å². The molecule has 0 radical (unpaired) electrons. The number of benzene rings is 1. The zero-order valence-corrected chi connectivity index (χ0v) is 30.9. The molecule has 7 nitrogen and oxygen atoms in total. The van der Waals surface area contributed by atoms with Gasteiger partial charge in [-0.1, -0.05) is 74.7 Å². The summed E-state index contributed by atoms with van der Waals surface area (Å²) in [6.45, 7) is 16.4. The number of aryl methyl sites for hydroxylation is 2. The molecule has 0 spiro atoms. The first kappa shape index (κ1) is 38.5. The molecule has 1 aliphatic rings. The molecule has 0 bridgehead atoms. The normalized spacial score (nSPS) is 17.3. The van der Waals surface area contributed by atoms with Crippen LogP contribution in [-0.2, 0) is 16.9 Å². The minimum atomic E-state index is 0.408. The van der Waals surface area contributed by atoms with Crippen LogP contribution in [0, 0.1) is 18.8 Å². The highest BCUT2D eigenvalue weighted by Crippen LogP contribution is 2.31. The molecular weight excluding hydrogens is 615 g/mol. The number of hydrogen-bond acceptors (Lipinski definition) is 8. The minimum absolute atomic E-state index is 0.408. The van der Waals surface area contributed by atoms with E-state index in [1.54, 1.807) is 18.6 Å². The summed E-state index contributed by atoms with van der Waals surface area (Å²) in [4.78, 5) is 13.2. The molecule has 2 unspecified atom stereocenters. The first-order valence-corrected chi connectivity index (χ1v) is 18.3. The molecule has 0 saturated carbocycles. The molecule has 1 saturated heterocycles. The number of hydrogen-bond donors (Lipinski definition) is 1. The third-order valence-electron chi connectivity index (χ3n) is 8.11. The van der Waals surface area contributed by atoms with Gasteiger partial charge in [-0.25, -0.2) is 4.98 Å². The second-order valence-corrected chi connectivity index (χ2v) is 12.9. The van der Waals surface area contributed by atoms with Crippen molar-refractivity contribution in [1.29, 1.82) is 0 Å². The van der Waals surface area contributed by atoms with Crippen molar-refractivity contribution in [2.24, 2.45) is 10.7 Å². The van der Waals surface area contributed by atoms with Gasteiger partial charge in [0.05, 0.1) is 29.8 Å². The summed E-state index contributed by atoms with van der Waals surface area (Å²) in [5, 5.41) is 4.14. The lowest BCUT2D eigenvalue weighted by Gasteiger charge is -2.13. The minimum Gasteiger partial charge on any atom is -0.398 e. The number of aliphatic imine (C=N–C) groups is 1. The predicted octanol–water partition coefficient (Wildman–Crippen LogP) is 9.58. The summed E-state index contributed by atoms with van der Waals surface area (Å²) >= 11 is 1.91. The average Bonchev–Trinajstić information content (AvgIpc) is 3.70. The summed E-state index contributed by atoms with van der Waals surface area (Å²) < 4.78 is 11.4. The Morgan fingerprint density at radius 3 is 2.54 bits per heavy atom. The predicted molar refractivity (Wildman–Crippen MR) is 202 cm³/mol. The van der Waals surface area contributed by atoms with Gasteiger partial charge in [0.1, 0.15) is 5.69 Å². The van der Waals surface area contributed by atoms with Crippen LogP contribution in [0.4, 0.5) is 0 Å². The maximum Gasteiger partial charge on any atom is 0.171 e. The van der Waals surface area contributed by atoms with Gasteiger partial charge in [0, 0.05) is 57.6 Å². The quantitative estimate of drug-likeness (QED) is 0.117. The molecule has 4 rings (SSSR count). The van der Waals surface area contributed by atoms with Crippen LogP contribution in [-0.4, -0.2) is 39.3 Å². The molecule has 2 atom stereocenters. The lowest BCUT2D eigenvalue weighted by Crippen LogP contribution is -2.11. The second kappa shape index (κ2) is 20.4. The summed E-state index contributed by atoms with van der Waals surface area (Å²) in [5.74, 6) is 9.32. The van der Waals surface area contributed by atoms with Gasteiger partial charge in [0.25, 0.3) is 0 Å². The van der Waals surface area contributed by atoms with Crippen LogP contribution < -0.4 is 5.73 Å². The van der Waals surface area contributed by atoms with Crippen molar-refractivity contribution in [3.63, 3.8) is 0 Å². The Morgan fingerprint density at radius 1 is 1.12 bits per heavy atom. The maximum absolute atomic E-state index is 6.50. The van der Waals surface area contributed by atoms with Crippen LogP contribution in [0.3, 0.4) is 0 Å². The van der Waals surface area contributed by atoms with Gasteiger partial charge in [0.15, 0.2) is 5.76 Å². The second-order valence-electron chi connectivity index (χ2n) is 11.9. The molecule has 0 aliphatic carbocycles. The number of unbranched alkanes of at least 4 members (excludes halogenated alkanes) is 1. The van der Waals surface area contributed by atoms with Crippen LogP contribution in [0.5, 0.6) is 0 Å². The molecule has 256 valence electrons. The Morgan fingerprint density at radius 2 is 1.90 bits per heavy atom. The molecule has 1 aromatic carbocycles. The van der Waals surface area contributed by atoms with E-state index in [2.05, 4.69) is 84.8 Å². The van der Waals surface area contributed by atoms with Crippen molar-refractivity contribution in [2.45, 2.75) is 112 Å². The highest BCUT2D eigenvalue weighted by Gasteiger charge is 2.22. The Kier molecular flexibility index (Phi) is 16.4. The number of thioether (sulfide) groups is 1. The Bertz CT molecular complexity index is 1640. The van der Waals surface area contributed by atoms with Crippen LogP contribution in [0.2, 0.25) is 0 Å². The van der Waals surface area contributed by atoms with Crippen molar-refractivity contribution < 1.29 is 9.26 Å². The third kappa shape index (κ3) is 11.6. The monoisotopic (exact) mass is 667 g/mol. The van der Waals surface area contributed by atoms with Crippen molar-refractivity contribution in [3.05, 3.63) is 99.6 Å². The van der Waals surface area contributed by atoms with Crippen molar-refractivity contribution >= 4 is 18.0 Å². The fraction of sp³-hybridized carbons (Fsp3) is 0.450. The van der Waals surface area contributed by atoms with Crippen molar-refractivity contribution in [3.8, 4) is 23.2 Å². The zero-order valence-electron chi connectivity index (χ0n) is 30.1. The highest BCUT2D eigenvalue weighted by molar-refractivity contribution is 7.98.